The highest BCUT2D eigenvalue weighted by molar-refractivity contribution is 7.10. The SMILES string of the molecule is CCc1ccc(N(C)Cc2sccc2C#CCCO)cc1. The van der Waals surface area contributed by atoms with Gasteiger partial charge >= 0.3 is 0 Å². The summed E-state index contributed by atoms with van der Waals surface area (Å²) < 4.78 is 0. The van der Waals surface area contributed by atoms with E-state index < -0.39 is 0 Å². The van der Waals surface area contributed by atoms with E-state index in [0.717, 1.165) is 18.5 Å². The Hall–Kier alpha value is -1.76. The molecule has 2 nitrogen and oxygen atoms in total. The van der Waals surface area contributed by atoms with Crippen LogP contribution in [0.2, 0.25) is 0 Å². The molecule has 0 atom stereocenters. The van der Waals surface area contributed by atoms with Crippen LogP contribution in [-0.4, -0.2) is 18.8 Å². The van der Waals surface area contributed by atoms with Crippen molar-refractivity contribution >= 4 is 17.0 Å². The molecule has 0 saturated heterocycles. The third-order valence-corrected chi connectivity index (χ3v) is 4.28. The molecule has 0 aliphatic heterocycles. The average molecular weight is 299 g/mol. The maximum absolute atomic E-state index is 8.79. The summed E-state index contributed by atoms with van der Waals surface area (Å²) in [6, 6.07) is 10.8. The van der Waals surface area contributed by atoms with Crippen LogP contribution in [0.5, 0.6) is 0 Å². The second kappa shape index (κ2) is 7.87. The molecule has 3 heteroatoms. The maximum Gasteiger partial charge on any atom is 0.0540 e. The first-order chi connectivity index (χ1) is 10.2. The number of hydrogen-bond donors (Lipinski definition) is 1. The average Bonchev–Trinajstić information content (AvgIpc) is 2.95. The minimum atomic E-state index is 0.121. The maximum atomic E-state index is 8.79. The molecule has 0 saturated carbocycles. The largest absolute Gasteiger partial charge is 0.395 e. The van der Waals surface area contributed by atoms with Gasteiger partial charge in [0.1, 0.15) is 0 Å². The van der Waals surface area contributed by atoms with Crippen LogP contribution in [-0.2, 0) is 13.0 Å². The van der Waals surface area contributed by atoms with Crippen molar-refractivity contribution in [3.8, 4) is 11.8 Å². The molecule has 0 amide bonds. The Labute approximate surface area is 131 Å². The van der Waals surface area contributed by atoms with Gasteiger partial charge in [0.25, 0.3) is 0 Å². The van der Waals surface area contributed by atoms with Crippen LogP contribution < -0.4 is 4.90 Å². The highest BCUT2D eigenvalue weighted by atomic mass is 32.1. The van der Waals surface area contributed by atoms with Crippen molar-refractivity contribution in [3.05, 3.63) is 51.7 Å². The van der Waals surface area contributed by atoms with Crippen LogP contribution in [0, 0.1) is 11.8 Å². The van der Waals surface area contributed by atoms with Gasteiger partial charge in [-0.25, -0.2) is 0 Å². The summed E-state index contributed by atoms with van der Waals surface area (Å²) in [7, 11) is 2.10. The van der Waals surface area contributed by atoms with E-state index in [1.807, 2.05) is 0 Å². The Bertz CT molecular complexity index is 619. The first-order valence-electron chi connectivity index (χ1n) is 7.20. The van der Waals surface area contributed by atoms with Gasteiger partial charge in [-0.3, -0.25) is 0 Å². The summed E-state index contributed by atoms with van der Waals surface area (Å²) in [5, 5.41) is 10.9. The van der Waals surface area contributed by atoms with E-state index in [4.69, 9.17) is 5.11 Å². The Morgan fingerprint density at radius 1 is 1.19 bits per heavy atom. The lowest BCUT2D eigenvalue weighted by molar-refractivity contribution is 0.305. The van der Waals surface area contributed by atoms with Crippen LogP contribution in [0.1, 0.15) is 29.3 Å². The zero-order valence-electron chi connectivity index (χ0n) is 12.6. The molecular formula is C18H21NOS. The predicted molar refractivity (Wildman–Crippen MR) is 90.8 cm³/mol. The number of aryl methyl sites for hydroxylation is 1. The van der Waals surface area contributed by atoms with E-state index in [-0.39, 0.29) is 6.61 Å². The van der Waals surface area contributed by atoms with Crippen molar-refractivity contribution < 1.29 is 5.11 Å². The van der Waals surface area contributed by atoms with Crippen LogP contribution in [0.3, 0.4) is 0 Å². The lowest BCUT2D eigenvalue weighted by Crippen LogP contribution is -2.16. The van der Waals surface area contributed by atoms with E-state index in [1.165, 1.54) is 16.1 Å². The Balaban J connectivity index is 2.07. The van der Waals surface area contributed by atoms with E-state index in [2.05, 4.69) is 66.4 Å². The minimum Gasteiger partial charge on any atom is -0.395 e. The van der Waals surface area contributed by atoms with Gasteiger partial charge in [0.05, 0.1) is 13.2 Å². The van der Waals surface area contributed by atoms with E-state index in [0.29, 0.717) is 6.42 Å². The smallest absolute Gasteiger partial charge is 0.0540 e. The van der Waals surface area contributed by atoms with Crippen molar-refractivity contribution in [1.82, 2.24) is 0 Å². The summed E-state index contributed by atoms with van der Waals surface area (Å²) in [4.78, 5) is 3.50. The summed E-state index contributed by atoms with van der Waals surface area (Å²) >= 11 is 1.73. The fraction of sp³-hybridized carbons (Fsp3) is 0.333. The normalized spacial score (nSPS) is 10.0. The van der Waals surface area contributed by atoms with Crippen molar-refractivity contribution in [2.75, 3.05) is 18.6 Å². The van der Waals surface area contributed by atoms with Gasteiger partial charge in [0.15, 0.2) is 0 Å². The van der Waals surface area contributed by atoms with Gasteiger partial charge in [-0.2, -0.15) is 0 Å². The number of hydrogen-bond acceptors (Lipinski definition) is 3. The van der Waals surface area contributed by atoms with E-state index in [9.17, 15) is 0 Å². The van der Waals surface area contributed by atoms with E-state index >= 15 is 0 Å². The molecule has 1 heterocycles. The first-order valence-corrected chi connectivity index (χ1v) is 8.08. The predicted octanol–water partition coefficient (Wildman–Crippen LogP) is 3.68. The van der Waals surface area contributed by atoms with Crippen molar-refractivity contribution in [3.63, 3.8) is 0 Å². The second-order valence-electron chi connectivity index (χ2n) is 4.91. The molecule has 0 aliphatic carbocycles. The van der Waals surface area contributed by atoms with Gasteiger partial charge in [0.2, 0.25) is 0 Å². The summed E-state index contributed by atoms with van der Waals surface area (Å²) in [6.45, 7) is 3.14. The van der Waals surface area contributed by atoms with Crippen LogP contribution in [0.25, 0.3) is 0 Å². The lowest BCUT2D eigenvalue weighted by Gasteiger charge is -2.19. The number of rotatable bonds is 5. The standard InChI is InChI=1S/C18H21NOS/c1-3-15-7-9-17(10-8-15)19(2)14-18-16(11-13-21-18)6-4-5-12-20/h7-11,13,20H,3,5,12,14H2,1-2H3. The molecule has 0 radical (unpaired) electrons. The summed E-state index contributed by atoms with van der Waals surface area (Å²) in [6.07, 6.45) is 1.60. The number of thiophene rings is 1. The van der Waals surface area contributed by atoms with Crippen LogP contribution >= 0.6 is 11.3 Å². The molecular weight excluding hydrogens is 278 g/mol. The topological polar surface area (TPSA) is 23.5 Å². The fourth-order valence-electron chi connectivity index (χ4n) is 2.08. The summed E-state index contributed by atoms with van der Waals surface area (Å²) in [5.41, 5.74) is 3.65. The molecule has 1 aromatic carbocycles. The molecule has 2 rings (SSSR count). The summed E-state index contributed by atoms with van der Waals surface area (Å²) in [5.74, 6) is 6.14. The molecule has 0 spiro atoms. The Kier molecular flexibility index (Phi) is 5.86. The molecule has 2 aromatic rings. The molecule has 1 aromatic heterocycles. The number of nitrogens with zero attached hydrogens (tertiary/aromatic N) is 1. The lowest BCUT2D eigenvalue weighted by atomic mass is 10.1. The molecule has 110 valence electrons. The number of aliphatic hydroxyl groups excluding tert-OH is 1. The van der Waals surface area contributed by atoms with Crippen molar-refractivity contribution in [1.29, 1.82) is 0 Å². The Morgan fingerprint density at radius 3 is 2.62 bits per heavy atom. The monoisotopic (exact) mass is 299 g/mol. The van der Waals surface area contributed by atoms with Gasteiger partial charge < -0.3 is 10.0 Å². The van der Waals surface area contributed by atoms with Crippen LogP contribution in [0.15, 0.2) is 35.7 Å². The minimum absolute atomic E-state index is 0.121. The van der Waals surface area contributed by atoms with Gasteiger partial charge in [-0.1, -0.05) is 30.9 Å². The molecule has 0 bridgehead atoms. The highest BCUT2D eigenvalue weighted by Gasteiger charge is 2.07. The Morgan fingerprint density at radius 2 is 1.95 bits per heavy atom. The van der Waals surface area contributed by atoms with Gasteiger partial charge in [0, 0.05) is 29.6 Å². The molecule has 0 fully saturated rings. The number of anilines is 1. The van der Waals surface area contributed by atoms with Crippen molar-refractivity contribution in [2.24, 2.45) is 0 Å². The number of benzene rings is 1. The first kappa shape index (κ1) is 15.6. The quantitative estimate of drug-likeness (QED) is 0.851. The molecule has 21 heavy (non-hydrogen) atoms. The third kappa shape index (κ3) is 4.35. The third-order valence-electron chi connectivity index (χ3n) is 3.37. The van der Waals surface area contributed by atoms with Crippen molar-refractivity contribution in [2.45, 2.75) is 26.3 Å². The molecule has 1 N–H and O–H groups in total. The number of aliphatic hydroxyl groups is 1. The van der Waals surface area contributed by atoms with E-state index in [1.54, 1.807) is 11.3 Å². The van der Waals surface area contributed by atoms with Gasteiger partial charge in [-0.15, -0.1) is 11.3 Å². The van der Waals surface area contributed by atoms with Gasteiger partial charge in [-0.05, 0) is 35.6 Å². The zero-order valence-corrected chi connectivity index (χ0v) is 13.4. The fourth-order valence-corrected chi connectivity index (χ4v) is 2.96. The zero-order chi connectivity index (χ0) is 15.1. The second-order valence-corrected chi connectivity index (χ2v) is 5.91. The highest BCUT2D eigenvalue weighted by Crippen LogP contribution is 2.22. The van der Waals surface area contributed by atoms with Crippen LogP contribution in [0.4, 0.5) is 5.69 Å². The molecule has 0 unspecified atom stereocenters. The molecule has 0 aliphatic rings.